The third-order valence-electron chi connectivity index (χ3n) is 8.34. The smallest absolute Gasteiger partial charge is 0.368 e. The number of hydrogen-bond donors (Lipinski definition) is 4. The first-order valence-electron chi connectivity index (χ1n) is 14.0. The normalized spacial score (nSPS) is 36.6. The van der Waals surface area contributed by atoms with Crippen LogP contribution in [0, 0.1) is 35.0 Å². The predicted octanol–water partition coefficient (Wildman–Crippen LogP) is 0.449. The summed E-state index contributed by atoms with van der Waals surface area (Å²) in [7, 11) is 0. The second-order valence-electron chi connectivity index (χ2n) is 11.9. The number of alkyl halides is 3. The monoisotopic (exact) mass is 545 g/mol. The van der Waals surface area contributed by atoms with Gasteiger partial charge in [0.15, 0.2) is 0 Å². The minimum atomic E-state index is -5.24. The zero-order valence-corrected chi connectivity index (χ0v) is 21.5. The SMILES string of the molecule is [2H][C@@H]1[C@@H]([2H])[C@@H]2C[C@H]1[C@H]1[C@@H]2CN(C(=O)[C@@H](NC(=O)C(F)(F)F)C(C)(C)C)[C@@H]1C(=O)N[C@@H](C[C@@H]1CCNC1=O)C(N)=O. The molecule has 2 saturated heterocycles. The zero-order valence-electron chi connectivity index (χ0n) is 23.5. The number of nitrogens with two attached hydrogens (primary N) is 1. The van der Waals surface area contributed by atoms with Gasteiger partial charge in [-0.15, -0.1) is 0 Å². The summed E-state index contributed by atoms with van der Waals surface area (Å²) in [5, 5.41) is 7.00. The average Bonchev–Trinajstić information content (AvgIpc) is 3.57. The minimum Gasteiger partial charge on any atom is -0.368 e. The van der Waals surface area contributed by atoms with Crippen molar-refractivity contribution in [3.8, 4) is 0 Å². The molecule has 2 aliphatic heterocycles. The van der Waals surface area contributed by atoms with E-state index >= 15 is 0 Å². The molecular weight excluding hydrogens is 507 g/mol. The van der Waals surface area contributed by atoms with Crippen LogP contribution in [0.4, 0.5) is 13.2 Å². The Morgan fingerprint density at radius 2 is 1.82 bits per heavy atom. The van der Waals surface area contributed by atoms with E-state index in [1.54, 1.807) is 5.32 Å². The maximum atomic E-state index is 13.9. The second kappa shape index (κ2) is 10.0. The van der Waals surface area contributed by atoms with Gasteiger partial charge in [-0.25, -0.2) is 0 Å². The number of nitrogens with zero attached hydrogens (tertiary/aromatic N) is 1. The van der Waals surface area contributed by atoms with Gasteiger partial charge >= 0.3 is 12.1 Å². The highest BCUT2D eigenvalue weighted by molar-refractivity contribution is 5.96. The Balaban J connectivity index is 1.64. The number of hydrogen-bond acceptors (Lipinski definition) is 5. The van der Waals surface area contributed by atoms with Gasteiger partial charge in [0.05, 0.1) is 0 Å². The molecule has 38 heavy (non-hydrogen) atoms. The van der Waals surface area contributed by atoms with Gasteiger partial charge in [-0.2, -0.15) is 13.2 Å². The van der Waals surface area contributed by atoms with E-state index in [0.717, 1.165) is 4.90 Å². The molecule has 0 radical (unpaired) electrons. The fraction of sp³-hybridized carbons (Fsp3) is 0.800. The highest BCUT2D eigenvalue weighted by atomic mass is 19.4. The molecule has 0 aromatic carbocycles. The van der Waals surface area contributed by atoms with Crippen LogP contribution in [0.15, 0.2) is 0 Å². The van der Waals surface area contributed by atoms with Crippen LogP contribution in [0.25, 0.3) is 0 Å². The lowest BCUT2D eigenvalue weighted by molar-refractivity contribution is -0.176. The highest BCUT2D eigenvalue weighted by Gasteiger charge is 2.60. The number of primary amides is 1. The predicted molar refractivity (Wildman–Crippen MR) is 128 cm³/mol. The van der Waals surface area contributed by atoms with Crippen molar-refractivity contribution in [3.05, 3.63) is 0 Å². The summed E-state index contributed by atoms with van der Waals surface area (Å²) < 4.78 is 56.3. The van der Waals surface area contributed by atoms with Crippen molar-refractivity contribution in [2.45, 2.75) is 77.1 Å². The molecular formula is C25H36F3N5O5. The minimum absolute atomic E-state index is 0.0361. The largest absolute Gasteiger partial charge is 0.471 e. The molecule has 0 spiro atoms. The number of amides is 5. The standard InChI is InChI=1S/C25H36F3N5O5/c1-24(2,3)18(32-23(38)25(26,27)28)22(37)33-10-14-11-4-5-12(8-11)16(14)17(33)21(36)31-15(19(29)34)9-13-6-7-30-20(13)35/h11-18H,4-10H2,1-3H3,(H2,29,34)(H,30,35)(H,31,36)(H,32,38)/t11-,12+,13+,14-,15+,16+,17+,18-/m1/s1/i4D,5D/t4-,5-,11-,12+,13+,14-,15+,16+,17+,18-. The molecule has 10 nitrogen and oxygen atoms in total. The van der Waals surface area contributed by atoms with Gasteiger partial charge in [0.1, 0.15) is 18.1 Å². The summed E-state index contributed by atoms with van der Waals surface area (Å²) in [6.45, 7) is 4.83. The van der Waals surface area contributed by atoms with Crippen LogP contribution < -0.4 is 21.7 Å². The van der Waals surface area contributed by atoms with Crippen molar-refractivity contribution in [2.24, 2.45) is 40.7 Å². The summed E-state index contributed by atoms with van der Waals surface area (Å²) in [5.41, 5.74) is 4.37. The van der Waals surface area contributed by atoms with Crippen LogP contribution in [0.1, 0.15) is 55.6 Å². The lowest BCUT2D eigenvalue weighted by atomic mass is 9.78. The Morgan fingerprint density at radius 1 is 1.16 bits per heavy atom. The van der Waals surface area contributed by atoms with Crippen LogP contribution in [0.3, 0.4) is 0 Å². The Hall–Kier alpha value is -2.86. The lowest BCUT2D eigenvalue weighted by Crippen LogP contribution is -2.61. The third kappa shape index (κ3) is 5.33. The van der Waals surface area contributed by atoms with Crippen molar-refractivity contribution in [3.63, 3.8) is 0 Å². The van der Waals surface area contributed by atoms with E-state index in [-0.39, 0.29) is 30.7 Å². The van der Waals surface area contributed by atoms with Crippen molar-refractivity contribution >= 4 is 29.5 Å². The summed E-state index contributed by atoms with van der Waals surface area (Å²) >= 11 is 0. The maximum absolute atomic E-state index is 13.9. The third-order valence-corrected chi connectivity index (χ3v) is 8.34. The Kier molecular flexibility index (Phi) is 6.71. The van der Waals surface area contributed by atoms with E-state index in [1.165, 1.54) is 20.8 Å². The number of carbonyl (C=O) groups is 5. The average molecular weight is 546 g/mol. The summed E-state index contributed by atoms with van der Waals surface area (Å²) in [4.78, 5) is 65.0. The number of fused-ring (bicyclic) bond motifs is 5. The van der Waals surface area contributed by atoms with Crippen molar-refractivity contribution in [1.82, 2.24) is 20.9 Å². The van der Waals surface area contributed by atoms with E-state index in [0.29, 0.717) is 19.4 Å². The van der Waals surface area contributed by atoms with Gasteiger partial charge in [0.25, 0.3) is 0 Å². The Bertz CT molecular complexity index is 1090. The molecule has 2 saturated carbocycles. The highest BCUT2D eigenvalue weighted by Crippen LogP contribution is 2.57. The fourth-order valence-corrected chi connectivity index (χ4v) is 6.47. The van der Waals surface area contributed by atoms with E-state index in [2.05, 4.69) is 10.6 Å². The first-order chi connectivity index (χ1) is 18.4. The van der Waals surface area contributed by atoms with E-state index in [4.69, 9.17) is 8.48 Å². The van der Waals surface area contributed by atoms with Gasteiger partial charge in [0, 0.05) is 21.7 Å². The van der Waals surface area contributed by atoms with Crippen LogP contribution >= 0.6 is 0 Å². The number of rotatable bonds is 7. The molecule has 2 heterocycles. The number of nitrogens with one attached hydrogen (secondary N) is 3. The van der Waals surface area contributed by atoms with Crippen molar-refractivity contribution < 1.29 is 39.9 Å². The first-order valence-corrected chi connectivity index (χ1v) is 12.8. The molecule has 0 unspecified atom stereocenters. The van der Waals surface area contributed by atoms with Crippen LogP contribution in [-0.2, 0) is 24.0 Å². The van der Waals surface area contributed by atoms with Crippen molar-refractivity contribution in [2.75, 3.05) is 13.1 Å². The molecule has 0 aromatic heterocycles. The fourth-order valence-electron chi connectivity index (χ4n) is 6.47. The van der Waals surface area contributed by atoms with Crippen LogP contribution in [-0.4, -0.2) is 71.8 Å². The molecule has 13 heteroatoms. The van der Waals surface area contributed by atoms with E-state index < -0.39 is 83.9 Å². The van der Waals surface area contributed by atoms with E-state index in [9.17, 15) is 37.1 Å². The number of likely N-dealkylation sites (tertiary alicyclic amines) is 1. The summed E-state index contributed by atoms with van der Waals surface area (Å²) in [6, 6.07) is -4.13. The molecule has 2 aliphatic carbocycles. The van der Waals surface area contributed by atoms with Crippen LogP contribution in [0.2, 0.25) is 0 Å². The van der Waals surface area contributed by atoms with Gasteiger partial charge in [-0.1, -0.05) is 20.8 Å². The van der Waals surface area contributed by atoms with Gasteiger partial charge in [0.2, 0.25) is 23.6 Å². The molecule has 4 rings (SSSR count). The van der Waals surface area contributed by atoms with Gasteiger partial charge in [-0.05, 0) is 61.1 Å². The Labute approximate surface area is 221 Å². The number of halogens is 3. The topological polar surface area (TPSA) is 151 Å². The maximum Gasteiger partial charge on any atom is 0.471 e. The molecule has 5 N–H and O–H groups in total. The molecule has 4 aliphatic rings. The molecule has 0 aromatic rings. The van der Waals surface area contributed by atoms with Crippen LogP contribution in [0.5, 0.6) is 0 Å². The molecule has 2 bridgehead atoms. The first kappa shape index (κ1) is 25.4. The summed E-state index contributed by atoms with van der Waals surface area (Å²) in [6.07, 6.45) is -5.88. The molecule has 212 valence electrons. The lowest BCUT2D eigenvalue weighted by Gasteiger charge is -2.37. The van der Waals surface area contributed by atoms with E-state index in [1.807, 2.05) is 0 Å². The van der Waals surface area contributed by atoms with Gasteiger partial charge in [-0.3, -0.25) is 24.0 Å². The number of carbonyl (C=O) groups excluding carboxylic acids is 5. The molecule has 4 fully saturated rings. The molecule has 10 atom stereocenters. The van der Waals surface area contributed by atoms with Gasteiger partial charge < -0.3 is 26.6 Å². The van der Waals surface area contributed by atoms with Crippen molar-refractivity contribution in [1.29, 1.82) is 0 Å². The zero-order chi connectivity index (χ0) is 29.9. The quantitative estimate of drug-likeness (QED) is 0.366. The molecule has 5 amide bonds. The summed E-state index contributed by atoms with van der Waals surface area (Å²) in [5.74, 6) is -7.26. The Morgan fingerprint density at radius 3 is 2.37 bits per heavy atom. The second-order valence-corrected chi connectivity index (χ2v) is 11.9.